The average molecular weight is 279 g/mol. The van der Waals surface area contributed by atoms with Gasteiger partial charge in [-0.3, -0.25) is 0 Å². The molecule has 5 heteroatoms. The molecule has 3 aromatic rings. The highest BCUT2D eigenvalue weighted by Gasteiger charge is 2.30. The molecule has 21 heavy (non-hydrogen) atoms. The van der Waals surface area contributed by atoms with E-state index in [1.54, 1.807) is 4.52 Å². The zero-order valence-electron chi connectivity index (χ0n) is 11.9. The first-order chi connectivity index (χ1) is 10.3. The summed E-state index contributed by atoms with van der Waals surface area (Å²) in [4.78, 5) is 0. The minimum atomic E-state index is 0.497. The van der Waals surface area contributed by atoms with Gasteiger partial charge in [0.15, 0.2) is 11.5 Å². The van der Waals surface area contributed by atoms with Crippen LogP contribution in [0.4, 0.5) is 5.82 Å². The van der Waals surface area contributed by atoms with E-state index in [1.807, 2.05) is 19.1 Å². The fourth-order valence-corrected chi connectivity index (χ4v) is 2.92. The fourth-order valence-electron chi connectivity index (χ4n) is 2.92. The van der Waals surface area contributed by atoms with Crippen molar-refractivity contribution >= 4 is 11.5 Å². The molecule has 1 aliphatic carbocycles. The summed E-state index contributed by atoms with van der Waals surface area (Å²) in [5.74, 6) is 2.37. The number of hydrogen-bond donors (Lipinski definition) is 1. The van der Waals surface area contributed by atoms with E-state index in [2.05, 4.69) is 50.9 Å². The van der Waals surface area contributed by atoms with E-state index in [4.69, 9.17) is 0 Å². The number of aromatic nitrogens is 4. The number of fused-ring (bicyclic) bond motifs is 1. The first kappa shape index (κ1) is 12.3. The van der Waals surface area contributed by atoms with Crippen molar-refractivity contribution in [2.75, 3.05) is 5.32 Å². The lowest BCUT2D eigenvalue weighted by atomic mass is 9.76. The van der Waals surface area contributed by atoms with Crippen LogP contribution < -0.4 is 5.32 Å². The molecule has 0 atom stereocenters. The molecule has 0 radical (unpaired) electrons. The molecule has 0 amide bonds. The standard InChI is InChI=1S/C16H17N5/c1-11-18-19-16-8-7-15(20-21(11)16)17-14-9-13(10-14)12-5-3-2-4-6-12/h2-8,13-14H,9-10H2,1H3,(H,17,20). The van der Waals surface area contributed by atoms with Gasteiger partial charge in [-0.05, 0) is 43.4 Å². The molecule has 0 aliphatic heterocycles. The van der Waals surface area contributed by atoms with Gasteiger partial charge < -0.3 is 5.32 Å². The van der Waals surface area contributed by atoms with Gasteiger partial charge in [0.1, 0.15) is 5.82 Å². The maximum atomic E-state index is 4.53. The smallest absolute Gasteiger partial charge is 0.178 e. The summed E-state index contributed by atoms with van der Waals surface area (Å²) in [6.45, 7) is 1.91. The van der Waals surface area contributed by atoms with Crippen LogP contribution in [0.15, 0.2) is 42.5 Å². The third-order valence-electron chi connectivity index (χ3n) is 4.18. The van der Waals surface area contributed by atoms with Gasteiger partial charge in [0.2, 0.25) is 0 Å². The van der Waals surface area contributed by atoms with Crippen molar-refractivity contribution < 1.29 is 0 Å². The molecule has 2 aromatic heterocycles. The summed E-state index contributed by atoms with van der Waals surface area (Å²) in [5, 5.41) is 16.1. The first-order valence-electron chi connectivity index (χ1n) is 7.30. The molecule has 0 unspecified atom stereocenters. The Hall–Kier alpha value is -2.43. The van der Waals surface area contributed by atoms with Crippen LogP contribution >= 0.6 is 0 Å². The Balaban J connectivity index is 1.44. The summed E-state index contributed by atoms with van der Waals surface area (Å²) in [5.41, 5.74) is 2.22. The molecule has 1 N–H and O–H groups in total. The predicted molar refractivity (Wildman–Crippen MR) is 81.3 cm³/mol. The predicted octanol–water partition coefficient (Wildman–Crippen LogP) is 2.79. The topological polar surface area (TPSA) is 55.1 Å². The van der Waals surface area contributed by atoms with Crippen molar-refractivity contribution in [2.45, 2.75) is 31.7 Å². The zero-order valence-corrected chi connectivity index (χ0v) is 11.9. The van der Waals surface area contributed by atoms with Crippen molar-refractivity contribution in [1.29, 1.82) is 0 Å². The summed E-state index contributed by atoms with van der Waals surface area (Å²) >= 11 is 0. The van der Waals surface area contributed by atoms with Crippen LogP contribution in [-0.4, -0.2) is 25.9 Å². The third-order valence-corrected chi connectivity index (χ3v) is 4.18. The summed E-state index contributed by atoms with van der Waals surface area (Å²) in [7, 11) is 0. The molecule has 4 rings (SSSR count). The molecule has 0 bridgehead atoms. The molecule has 1 saturated carbocycles. The zero-order chi connectivity index (χ0) is 14.2. The summed E-state index contributed by atoms with van der Waals surface area (Å²) in [6, 6.07) is 15.1. The van der Waals surface area contributed by atoms with E-state index in [-0.39, 0.29) is 0 Å². The minimum absolute atomic E-state index is 0.497. The number of nitrogens with zero attached hydrogens (tertiary/aromatic N) is 4. The Bertz CT molecular complexity index is 759. The molecule has 106 valence electrons. The van der Waals surface area contributed by atoms with Crippen molar-refractivity contribution in [1.82, 2.24) is 19.8 Å². The maximum Gasteiger partial charge on any atom is 0.178 e. The number of benzene rings is 1. The monoisotopic (exact) mass is 279 g/mol. The van der Waals surface area contributed by atoms with Gasteiger partial charge in [-0.2, -0.15) is 4.52 Å². The van der Waals surface area contributed by atoms with Crippen LogP contribution in [0.5, 0.6) is 0 Å². The van der Waals surface area contributed by atoms with Crippen LogP contribution in [0.1, 0.15) is 30.1 Å². The lowest BCUT2D eigenvalue weighted by Gasteiger charge is -2.36. The molecule has 2 heterocycles. The minimum Gasteiger partial charge on any atom is -0.366 e. The van der Waals surface area contributed by atoms with Gasteiger partial charge >= 0.3 is 0 Å². The van der Waals surface area contributed by atoms with Crippen molar-refractivity contribution in [3.8, 4) is 0 Å². The van der Waals surface area contributed by atoms with E-state index in [0.29, 0.717) is 12.0 Å². The molecule has 0 saturated heterocycles. The summed E-state index contributed by atoms with van der Waals surface area (Å²) < 4.78 is 1.77. The van der Waals surface area contributed by atoms with Crippen LogP contribution in [-0.2, 0) is 0 Å². The molecule has 1 fully saturated rings. The first-order valence-corrected chi connectivity index (χ1v) is 7.30. The Kier molecular flexibility index (Phi) is 2.84. The Labute approximate surface area is 123 Å². The molecular formula is C16H17N5. The molecular weight excluding hydrogens is 262 g/mol. The van der Waals surface area contributed by atoms with Crippen LogP contribution in [0.25, 0.3) is 5.65 Å². The highest BCUT2D eigenvalue weighted by Crippen LogP contribution is 2.38. The average Bonchev–Trinajstić information content (AvgIpc) is 2.85. The quantitative estimate of drug-likeness (QED) is 0.801. The van der Waals surface area contributed by atoms with Crippen molar-refractivity contribution in [2.24, 2.45) is 0 Å². The number of nitrogens with one attached hydrogen (secondary N) is 1. The number of hydrogen-bond acceptors (Lipinski definition) is 4. The second-order valence-corrected chi connectivity index (χ2v) is 5.66. The lowest BCUT2D eigenvalue weighted by molar-refractivity contribution is 0.373. The summed E-state index contributed by atoms with van der Waals surface area (Å²) in [6.07, 6.45) is 2.32. The van der Waals surface area contributed by atoms with E-state index in [0.717, 1.165) is 30.1 Å². The van der Waals surface area contributed by atoms with Gasteiger partial charge in [-0.25, -0.2) is 0 Å². The van der Waals surface area contributed by atoms with Gasteiger partial charge in [-0.1, -0.05) is 30.3 Å². The Morgan fingerprint density at radius 2 is 1.86 bits per heavy atom. The molecule has 1 aliphatic rings. The SMILES string of the molecule is Cc1nnc2ccc(NC3CC(c4ccccc4)C3)nn12. The third kappa shape index (κ3) is 2.24. The Morgan fingerprint density at radius 3 is 2.67 bits per heavy atom. The highest BCUT2D eigenvalue weighted by atomic mass is 15.4. The van der Waals surface area contributed by atoms with Gasteiger partial charge in [-0.15, -0.1) is 15.3 Å². The van der Waals surface area contributed by atoms with Gasteiger partial charge in [0, 0.05) is 6.04 Å². The van der Waals surface area contributed by atoms with E-state index < -0.39 is 0 Å². The van der Waals surface area contributed by atoms with Gasteiger partial charge in [0.05, 0.1) is 0 Å². The van der Waals surface area contributed by atoms with Crippen LogP contribution in [0.2, 0.25) is 0 Å². The van der Waals surface area contributed by atoms with E-state index in [9.17, 15) is 0 Å². The van der Waals surface area contributed by atoms with E-state index in [1.165, 1.54) is 5.56 Å². The normalized spacial score (nSPS) is 21.2. The highest BCUT2D eigenvalue weighted by molar-refractivity contribution is 5.45. The second kappa shape index (κ2) is 4.84. The lowest BCUT2D eigenvalue weighted by Crippen LogP contribution is -2.34. The maximum absolute atomic E-state index is 4.53. The molecule has 5 nitrogen and oxygen atoms in total. The van der Waals surface area contributed by atoms with Crippen LogP contribution in [0.3, 0.4) is 0 Å². The largest absolute Gasteiger partial charge is 0.366 e. The number of aryl methyl sites for hydroxylation is 1. The van der Waals surface area contributed by atoms with E-state index >= 15 is 0 Å². The number of anilines is 1. The second-order valence-electron chi connectivity index (χ2n) is 5.66. The van der Waals surface area contributed by atoms with Crippen molar-refractivity contribution in [3.05, 3.63) is 53.9 Å². The van der Waals surface area contributed by atoms with Gasteiger partial charge in [0.25, 0.3) is 0 Å². The molecule has 0 spiro atoms. The number of rotatable bonds is 3. The fraction of sp³-hybridized carbons (Fsp3) is 0.312. The van der Waals surface area contributed by atoms with Crippen molar-refractivity contribution in [3.63, 3.8) is 0 Å². The van der Waals surface area contributed by atoms with Crippen LogP contribution in [0, 0.1) is 6.92 Å². The molecule has 1 aromatic carbocycles. The Morgan fingerprint density at radius 1 is 1.05 bits per heavy atom.